The average Bonchev–Trinajstić information content (AvgIpc) is 2.80. The van der Waals surface area contributed by atoms with Crippen LogP contribution in [0.25, 0.3) is 11.0 Å². The minimum atomic E-state index is -5.07. The molecule has 2 N–H and O–H groups in total. The van der Waals surface area contributed by atoms with E-state index in [1.807, 2.05) is 0 Å². The van der Waals surface area contributed by atoms with Crippen molar-refractivity contribution in [2.75, 3.05) is 7.11 Å². The fraction of sp³-hybridized carbons (Fsp3) is 0.0870. The van der Waals surface area contributed by atoms with Crippen molar-refractivity contribution < 1.29 is 46.2 Å². The minimum Gasteiger partial charge on any atom is -0.497 e. The molecule has 0 bridgehead atoms. The maximum atomic E-state index is 13.8. The van der Waals surface area contributed by atoms with Gasteiger partial charge in [-0.05, 0) is 48.5 Å². The molecule has 0 spiro atoms. The van der Waals surface area contributed by atoms with Crippen LogP contribution in [0.15, 0.2) is 75.9 Å². The lowest BCUT2D eigenvalue weighted by molar-refractivity contribution is -0.154. The molecule has 0 amide bonds. The molecule has 0 aliphatic carbocycles. The zero-order valence-corrected chi connectivity index (χ0v) is 18.7. The summed E-state index contributed by atoms with van der Waals surface area (Å²) in [6, 6.07) is 14.3. The lowest BCUT2D eigenvalue weighted by Crippen LogP contribution is -2.15. The van der Waals surface area contributed by atoms with Gasteiger partial charge in [0, 0.05) is 6.07 Å². The molecule has 0 fully saturated rings. The van der Waals surface area contributed by atoms with Crippen molar-refractivity contribution >= 4 is 23.9 Å². The largest absolute Gasteiger partial charge is 0.497 e. The third-order valence-corrected chi connectivity index (χ3v) is 5.76. The summed E-state index contributed by atoms with van der Waals surface area (Å²) in [7, 11) is -3.28. The summed E-state index contributed by atoms with van der Waals surface area (Å²) in [6.07, 6.45) is -5.07. The molecular weight excluding hydrogens is 492 g/mol. The van der Waals surface area contributed by atoms with Crippen LogP contribution in [0.1, 0.15) is 5.76 Å². The predicted molar refractivity (Wildman–Crippen MR) is 119 cm³/mol. The lowest BCUT2D eigenvalue weighted by Gasteiger charge is -2.15. The van der Waals surface area contributed by atoms with Crippen molar-refractivity contribution in [2.45, 2.75) is 6.18 Å². The molecule has 12 heteroatoms. The van der Waals surface area contributed by atoms with Gasteiger partial charge in [-0.1, -0.05) is 12.1 Å². The molecule has 182 valence electrons. The van der Waals surface area contributed by atoms with E-state index in [1.165, 1.54) is 55.6 Å². The Morgan fingerprint density at radius 2 is 1.51 bits per heavy atom. The second-order valence-electron chi connectivity index (χ2n) is 7.14. The van der Waals surface area contributed by atoms with E-state index in [0.29, 0.717) is 5.75 Å². The maximum Gasteiger partial charge on any atom is 0.453 e. The standard InChI is InChI=1S/C23H16F3O8P/c1-31-13-6-8-14(9-7-13)33-21-20(27)16-11-10-15(12-18(16)34-22(21)23(24,25)26)32-17-4-2-3-5-19(17)35(28,29)30/h2-12H,1H3,(H2,28,29,30). The summed E-state index contributed by atoms with van der Waals surface area (Å²) in [4.78, 5) is 31.9. The molecule has 0 saturated carbocycles. The first-order chi connectivity index (χ1) is 16.5. The number of alkyl halides is 3. The Morgan fingerprint density at radius 1 is 0.886 bits per heavy atom. The number of hydrogen-bond acceptors (Lipinski definition) is 6. The molecule has 8 nitrogen and oxygen atoms in total. The normalized spacial score (nSPS) is 11.9. The molecule has 35 heavy (non-hydrogen) atoms. The third kappa shape index (κ3) is 5.17. The number of rotatable bonds is 6. The number of hydrogen-bond donors (Lipinski definition) is 2. The third-order valence-electron chi connectivity index (χ3n) is 4.77. The van der Waals surface area contributed by atoms with Crippen LogP contribution in [0.5, 0.6) is 28.7 Å². The molecule has 0 radical (unpaired) electrons. The lowest BCUT2D eigenvalue weighted by atomic mass is 10.2. The minimum absolute atomic E-state index is 0.0445. The van der Waals surface area contributed by atoms with Gasteiger partial charge in [0.05, 0.1) is 12.5 Å². The van der Waals surface area contributed by atoms with Crippen molar-refractivity contribution in [2.24, 2.45) is 0 Å². The van der Waals surface area contributed by atoms with Crippen LogP contribution in [0, 0.1) is 0 Å². The van der Waals surface area contributed by atoms with Gasteiger partial charge in [0.2, 0.25) is 11.2 Å². The van der Waals surface area contributed by atoms with Crippen LogP contribution in [-0.4, -0.2) is 16.9 Å². The van der Waals surface area contributed by atoms with Crippen LogP contribution in [0.4, 0.5) is 13.2 Å². The van der Waals surface area contributed by atoms with E-state index in [9.17, 15) is 32.3 Å². The first-order valence-corrected chi connectivity index (χ1v) is 11.4. The molecule has 0 saturated heterocycles. The SMILES string of the molecule is COc1ccc(Oc2c(C(F)(F)F)oc3cc(Oc4ccccc4P(=O)(O)O)ccc3c2=O)cc1. The average molecular weight is 508 g/mol. The van der Waals surface area contributed by atoms with Crippen molar-refractivity contribution in [3.63, 3.8) is 0 Å². The van der Waals surface area contributed by atoms with E-state index in [4.69, 9.17) is 18.6 Å². The van der Waals surface area contributed by atoms with E-state index in [2.05, 4.69) is 0 Å². The van der Waals surface area contributed by atoms with Crippen LogP contribution in [-0.2, 0) is 10.7 Å². The summed E-state index contributed by atoms with van der Waals surface area (Å²) in [5, 5.41) is -0.641. The Morgan fingerprint density at radius 3 is 2.14 bits per heavy atom. The first-order valence-electron chi connectivity index (χ1n) is 9.80. The van der Waals surface area contributed by atoms with Gasteiger partial charge in [-0.25, -0.2) is 0 Å². The van der Waals surface area contributed by atoms with Gasteiger partial charge < -0.3 is 28.4 Å². The zero-order chi connectivity index (χ0) is 25.4. The van der Waals surface area contributed by atoms with Gasteiger partial charge in [0.25, 0.3) is 5.76 Å². The molecule has 0 atom stereocenters. The monoisotopic (exact) mass is 508 g/mol. The Bertz CT molecular complexity index is 1490. The van der Waals surface area contributed by atoms with E-state index < -0.39 is 41.6 Å². The summed E-state index contributed by atoms with van der Waals surface area (Å²) < 4.78 is 73.7. The van der Waals surface area contributed by atoms with Gasteiger partial charge >= 0.3 is 13.8 Å². The second kappa shape index (κ2) is 9.10. The number of halogens is 3. The number of fused-ring (bicyclic) bond motifs is 1. The van der Waals surface area contributed by atoms with Crippen molar-refractivity contribution in [3.05, 3.63) is 82.7 Å². The molecule has 0 unspecified atom stereocenters. The highest BCUT2D eigenvalue weighted by atomic mass is 31.2. The Kier molecular flexibility index (Phi) is 6.33. The maximum absolute atomic E-state index is 13.8. The summed E-state index contributed by atoms with van der Waals surface area (Å²) in [5.74, 6) is -2.63. The van der Waals surface area contributed by atoms with E-state index in [0.717, 1.165) is 18.2 Å². The number of para-hydroxylation sites is 1. The second-order valence-corrected chi connectivity index (χ2v) is 8.71. The molecule has 0 aliphatic heterocycles. The molecule has 4 rings (SSSR count). The first kappa shape index (κ1) is 24.3. The smallest absolute Gasteiger partial charge is 0.453 e. The molecule has 1 aromatic heterocycles. The van der Waals surface area contributed by atoms with Gasteiger partial charge in [-0.15, -0.1) is 0 Å². The molecule has 4 aromatic rings. The van der Waals surface area contributed by atoms with Crippen molar-refractivity contribution in [1.82, 2.24) is 0 Å². The Labute approximate surface area is 195 Å². The van der Waals surface area contributed by atoms with Crippen molar-refractivity contribution in [1.29, 1.82) is 0 Å². The van der Waals surface area contributed by atoms with Gasteiger partial charge in [0.1, 0.15) is 33.9 Å². The fourth-order valence-electron chi connectivity index (χ4n) is 3.17. The van der Waals surface area contributed by atoms with Gasteiger partial charge in [-0.2, -0.15) is 13.2 Å². The number of ether oxygens (including phenoxy) is 3. The van der Waals surface area contributed by atoms with E-state index >= 15 is 0 Å². The molecule has 3 aromatic carbocycles. The van der Waals surface area contributed by atoms with Crippen molar-refractivity contribution in [3.8, 4) is 28.7 Å². The topological polar surface area (TPSA) is 115 Å². The number of benzene rings is 3. The molecule has 1 heterocycles. The highest BCUT2D eigenvalue weighted by Gasteiger charge is 2.40. The quantitative estimate of drug-likeness (QED) is 0.341. The highest BCUT2D eigenvalue weighted by Crippen LogP contribution is 2.41. The Hall–Kier alpha value is -3.79. The Balaban J connectivity index is 1.79. The molecule has 0 aliphatic rings. The van der Waals surface area contributed by atoms with Crippen LogP contribution in [0.3, 0.4) is 0 Å². The van der Waals surface area contributed by atoms with Crippen LogP contribution in [0.2, 0.25) is 0 Å². The van der Waals surface area contributed by atoms with Gasteiger partial charge in [0.15, 0.2) is 0 Å². The fourth-order valence-corrected chi connectivity index (χ4v) is 3.86. The van der Waals surface area contributed by atoms with E-state index in [-0.39, 0.29) is 22.6 Å². The zero-order valence-electron chi connectivity index (χ0n) is 17.8. The van der Waals surface area contributed by atoms with E-state index in [1.54, 1.807) is 0 Å². The molecular formula is C23H16F3O8P. The summed E-state index contributed by atoms with van der Waals surface area (Å²) in [5.41, 5.74) is -1.54. The van der Waals surface area contributed by atoms with Gasteiger partial charge in [-0.3, -0.25) is 9.36 Å². The summed E-state index contributed by atoms with van der Waals surface area (Å²) >= 11 is 0. The predicted octanol–water partition coefficient (Wildman–Crippen LogP) is 5.21. The highest BCUT2D eigenvalue weighted by molar-refractivity contribution is 7.60. The van der Waals surface area contributed by atoms with Crippen LogP contribution >= 0.6 is 7.60 Å². The number of methoxy groups -OCH3 is 1. The van der Waals surface area contributed by atoms with Crippen LogP contribution < -0.4 is 24.9 Å². The summed E-state index contributed by atoms with van der Waals surface area (Å²) in [6.45, 7) is 0.